The van der Waals surface area contributed by atoms with E-state index in [9.17, 15) is 4.79 Å². The third-order valence-electron chi connectivity index (χ3n) is 7.29. The van der Waals surface area contributed by atoms with Crippen molar-refractivity contribution in [3.8, 4) is 0 Å². The fourth-order valence-corrected chi connectivity index (χ4v) is 9.45. The van der Waals surface area contributed by atoms with Crippen molar-refractivity contribution in [3.63, 3.8) is 0 Å². The molecule has 2 heterocycles. The van der Waals surface area contributed by atoms with Crippen LogP contribution in [0, 0.1) is 5.92 Å². The number of carbonyl (C=O) groups excluding carboxylic acids is 1. The molecule has 3 atom stereocenters. The quantitative estimate of drug-likeness (QED) is 0.0890. The van der Waals surface area contributed by atoms with E-state index in [0.29, 0.717) is 5.02 Å². The number of benzene rings is 1. The van der Waals surface area contributed by atoms with Crippen LogP contribution in [0.15, 0.2) is 39.3 Å². The normalized spacial score (nSPS) is 23.3. The van der Waals surface area contributed by atoms with Gasteiger partial charge in [0.1, 0.15) is 0 Å². The molecule has 34 heavy (non-hydrogen) atoms. The Morgan fingerprint density at radius 2 is 1.88 bits per heavy atom. The Balaban J connectivity index is 1.97. The molecule has 0 aromatic heterocycles. The number of fused-ring (bicyclic) bond motifs is 1. The maximum atomic E-state index is 13.6. The van der Waals surface area contributed by atoms with Crippen molar-refractivity contribution in [3.05, 3.63) is 39.3 Å². The van der Waals surface area contributed by atoms with Gasteiger partial charge in [-0.25, -0.2) is 0 Å². The summed E-state index contributed by atoms with van der Waals surface area (Å²) in [6, 6.07) is 7.64. The number of aliphatic imine (C=N–C) groups is 1. The van der Waals surface area contributed by atoms with Gasteiger partial charge in [-0.1, -0.05) is 0 Å². The monoisotopic (exact) mass is 680 g/mol. The van der Waals surface area contributed by atoms with Crippen LogP contribution >= 0.6 is 34.2 Å². The standard InChI is InChI=1S/C26H38ClIN2O2SeSi/c1-8-9-10-11-20-21(16-28)33-25(29-19-14-12-18(27)13-15-19)30-23(20)22(24(30)31)17(2)32-34(6,7)26(3,4)5/h12-15,17,22-23H,8-11,16H2,1-7H3/t17-,22-,23-/m1/s1. The van der Waals surface area contributed by atoms with Gasteiger partial charge < -0.3 is 0 Å². The SMILES string of the molecule is CCCCCC1=C(CI)[Se]C(=Nc2ccc(Cl)cc2)N2C(=O)[C@H]([C@@H](C)O[Si](C)(C)C(C)(C)C)[C@@H]12. The van der Waals surface area contributed by atoms with Crippen LogP contribution in [-0.2, 0) is 9.22 Å². The van der Waals surface area contributed by atoms with Crippen molar-refractivity contribution in [1.82, 2.24) is 4.90 Å². The number of unbranched alkanes of at least 4 members (excludes halogenated alkanes) is 2. The van der Waals surface area contributed by atoms with Crippen molar-refractivity contribution >= 4 is 73.8 Å². The summed E-state index contributed by atoms with van der Waals surface area (Å²) in [6.45, 7) is 15.7. The molecule has 0 unspecified atom stereocenters. The van der Waals surface area contributed by atoms with Gasteiger partial charge in [0.05, 0.1) is 0 Å². The second-order valence-corrected chi connectivity index (χ2v) is 19.0. The van der Waals surface area contributed by atoms with Crippen molar-refractivity contribution in [2.45, 2.75) is 90.6 Å². The molecule has 3 rings (SSSR count). The van der Waals surface area contributed by atoms with Gasteiger partial charge in [0.15, 0.2) is 0 Å². The van der Waals surface area contributed by atoms with Crippen LogP contribution in [-0.4, -0.2) is 55.4 Å². The molecule has 1 saturated heterocycles. The van der Waals surface area contributed by atoms with E-state index in [1.54, 1.807) is 0 Å². The second-order valence-electron chi connectivity index (χ2n) is 10.8. The molecule has 1 amide bonds. The van der Waals surface area contributed by atoms with Gasteiger partial charge >= 0.3 is 233 Å². The van der Waals surface area contributed by atoms with Crippen LogP contribution in [0.3, 0.4) is 0 Å². The predicted octanol–water partition coefficient (Wildman–Crippen LogP) is 7.55. The topological polar surface area (TPSA) is 41.9 Å². The Bertz CT molecular complexity index is 959. The molecule has 8 heteroatoms. The average molecular weight is 680 g/mol. The first-order chi connectivity index (χ1) is 15.9. The van der Waals surface area contributed by atoms with Gasteiger partial charge in [-0.3, -0.25) is 0 Å². The summed E-state index contributed by atoms with van der Waals surface area (Å²) >= 11 is 8.61. The summed E-state index contributed by atoms with van der Waals surface area (Å²) in [5, 5.41) is 0.802. The number of carbonyl (C=O) groups is 1. The Morgan fingerprint density at radius 1 is 1.24 bits per heavy atom. The third-order valence-corrected chi connectivity index (χ3v) is 16.4. The molecular formula is C26H38ClIN2O2SeSi. The molecule has 1 fully saturated rings. The Labute approximate surface area is 231 Å². The van der Waals surface area contributed by atoms with E-state index in [1.165, 1.54) is 29.3 Å². The van der Waals surface area contributed by atoms with E-state index >= 15 is 0 Å². The number of alkyl halides is 1. The summed E-state index contributed by atoms with van der Waals surface area (Å²) in [7, 11) is -1.99. The number of amidine groups is 1. The van der Waals surface area contributed by atoms with E-state index in [2.05, 4.69) is 70.3 Å². The minimum atomic E-state index is -1.99. The maximum absolute atomic E-state index is 13.6. The van der Waals surface area contributed by atoms with Gasteiger partial charge in [-0.15, -0.1) is 0 Å². The van der Waals surface area contributed by atoms with Crippen LogP contribution in [0.25, 0.3) is 0 Å². The first-order valence-electron chi connectivity index (χ1n) is 12.2. The number of hydrogen-bond donors (Lipinski definition) is 0. The summed E-state index contributed by atoms with van der Waals surface area (Å²) in [6.07, 6.45) is 4.56. The number of nitrogens with zero attached hydrogens (tertiary/aromatic N) is 2. The first kappa shape index (κ1) is 28.4. The number of β-lactam (4-membered cyclic amide) rings is 1. The molecule has 1 aromatic rings. The van der Waals surface area contributed by atoms with Crippen LogP contribution in [0.4, 0.5) is 5.69 Å². The van der Waals surface area contributed by atoms with Crippen LogP contribution in [0.2, 0.25) is 23.2 Å². The molecule has 0 radical (unpaired) electrons. The number of allylic oxidation sites excluding steroid dienone is 1. The number of rotatable bonds is 9. The van der Waals surface area contributed by atoms with Gasteiger partial charge in [0.25, 0.3) is 0 Å². The van der Waals surface area contributed by atoms with E-state index in [-0.39, 0.29) is 44.0 Å². The number of halogens is 2. The fraction of sp³-hybridized carbons (Fsp3) is 0.615. The van der Waals surface area contributed by atoms with E-state index < -0.39 is 8.32 Å². The predicted molar refractivity (Wildman–Crippen MR) is 156 cm³/mol. The molecule has 4 nitrogen and oxygen atoms in total. The average Bonchev–Trinajstić information content (AvgIpc) is 2.74. The molecule has 0 bridgehead atoms. The number of amides is 1. The molecule has 0 spiro atoms. The minimum absolute atomic E-state index is 0.0447. The van der Waals surface area contributed by atoms with Crippen molar-refractivity contribution in [1.29, 1.82) is 0 Å². The van der Waals surface area contributed by atoms with Crippen LogP contribution in [0.5, 0.6) is 0 Å². The first-order valence-corrected chi connectivity index (χ1v) is 18.7. The zero-order valence-corrected chi connectivity index (χ0v) is 27.1. The van der Waals surface area contributed by atoms with Crippen LogP contribution in [0.1, 0.15) is 60.3 Å². The van der Waals surface area contributed by atoms with E-state index in [0.717, 1.165) is 21.3 Å². The van der Waals surface area contributed by atoms with Gasteiger partial charge in [-0.2, -0.15) is 0 Å². The molecule has 0 N–H and O–H groups in total. The second kappa shape index (κ2) is 11.5. The van der Waals surface area contributed by atoms with Gasteiger partial charge in [0.2, 0.25) is 0 Å². The van der Waals surface area contributed by atoms with Gasteiger partial charge in [0, 0.05) is 0 Å². The van der Waals surface area contributed by atoms with Crippen molar-refractivity contribution < 1.29 is 9.22 Å². The zero-order chi connectivity index (χ0) is 25.3. The Hall–Kier alpha value is -0.184. The van der Waals surface area contributed by atoms with Crippen LogP contribution < -0.4 is 0 Å². The summed E-state index contributed by atoms with van der Waals surface area (Å²) in [5.41, 5.74) is 2.33. The van der Waals surface area contributed by atoms with Crippen molar-refractivity contribution in [2.24, 2.45) is 10.9 Å². The van der Waals surface area contributed by atoms with E-state index in [1.807, 2.05) is 29.2 Å². The van der Waals surface area contributed by atoms with Gasteiger partial charge in [-0.05, 0) is 0 Å². The molecular weight excluding hydrogens is 642 g/mol. The molecule has 2 aliphatic heterocycles. The summed E-state index contributed by atoms with van der Waals surface area (Å²) in [4.78, 5) is 20.6. The summed E-state index contributed by atoms with van der Waals surface area (Å²) in [5.74, 6) is 0.0431. The Kier molecular flexibility index (Phi) is 9.58. The molecule has 1 aromatic carbocycles. The summed E-state index contributed by atoms with van der Waals surface area (Å²) < 4.78 is 10.2. The number of hydrogen-bond acceptors (Lipinski definition) is 3. The molecule has 2 aliphatic rings. The molecule has 0 aliphatic carbocycles. The molecule has 0 saturated carbocycles. The third kappa shape index (κ3) is 6.02. The Morgan fingerprint density at radius 3 is 2.44 bits per heavy atom. The fourth-order valence-electron chi connectivity index (χ4n) is 4.33. The molecule has 188 valence electrons. The van der Waals surface area contributed by atoms with Crippen molar-refractivity contribution in [2.75, 3.05) is 4.43 Å². The van der Waals surface area contributed by atoms with E-state index in [4.69, 9.17) is 21.0 Å². The zero-order valence-electron chi connectivity index (χ0n) is 21.5.